The Morgan fingerprint density at radius 3 is 2.68 bits per heavy atom. The molecule has 1 heterocycles. The van der Waals surface area contributed by atoms with E-state index >= 15 is 0 Å². The van der Waals surface area contributed by atoms with Crippen molar-refractivity contribution in [1.29, 1.82) is 0 Å². The highest BCUT2D eigenvalue weighted by Crippen LogP contribution is 2.27. The number of aliphatic hydroxyl groups is 1. The molecule has 102 valence electrons. The zero-order valence-corrected chi connectivity index (χ0v) is 12.5. The number of benzene rings is 1. The van der Waals surface area contributed by atoms with Crippen molar-refractivity contribution in [1.82, 2.24) is 4.98 Å². The van der Waals surface area contributed by atoms with E-state index in [2.05, 4.69) is 4.98 Å². The number of hydrogen-bond acceptors (Lipinski definition) is 6. The van der Waals surface area contributed by atoms with E-state index in [1.165, 1.54) is 23.1 Å². The number of thiazole rings is 1. The number of rotatable bonds is 6. The summed E-state index contributed by atoms with van der Waals surface area (Å²) in [6.45, 7) is -0.114. The average Bonchev–Trinajstić information content (AvgIpc) is 2.87. The second-order valence-electron chi connectivity index (χ2n) is 3.73. The smallest absolute Gasteiger partial charge is 0.179 e. The first-order chi connectivity index (χ1) is 9.13. The number of thioether (sulfide) groups is 1. The minimum Gasteiger partial charge on any atom is -0.390 e. The summed E-state index contributed by atoms with van der Waals surface area (Å²) in [6.07, 6.45) is 0. The van der Waals surface area contributed by atoms with Crippen LogP contribution in [0.15, 0.2) is 44.9 Å². The lowest BCUT2D eigenvalue weighted by Crippen LogP contribution is -2.08. The van der Waals surface area contributed by atoms with Crippen LogP contribution in [0.3, 0.4) is 0 Å². The number of sulfone groups is 1. The van der Waals surface area contributed by atoms with Gasteiger partial charge in [0.1, 0.15) is 0 Å². The standard InChI is InChI=1S/C12H13NO3S3/c14-8-11-12(18-9-13-11)17-6-7-19(15,16)10-4-2-1-3-5-10/h1-5,9,14H,6-8H2. The van der Waals surface area contributed by atoms with E-state index in [-0.39, 0.29) is 12.4 Å². The lowest BCUT2D eigenvalue weighted by atomic mass is 10.4. The van der Waals surface area contributed by atoms with Gasteiger partial charge in [-0.15, -0.1) is 23.1 Å². The van der Waals surface area contributed by atoms with Crippen molar-refractivity contribution in [3.05, 3.63) is 41.5 Å². The van der Waals surface area contributed by atoms with Gasteiger partial charge in [0.15, 0.2) is 9.84 Å². The summed E-state index contributed by atoms with van der Waals surface area (Å²) in [5.41, 5.74) is 2.27. The van der Waals surface area contributed by atoms with E-state index in [1.54, 1.807) is 35.8 Å². The summed E-state index contributed by atoms with van der Waals surface area (Å²) in [5.74, 6) is 0.525. The highest BCUT2D eigenvalue weighted by Gasteiger charge is 2.14. The third-order valence-electron chi connectivity index (χ3n) is 2.44. The predicted octanol–water partition coefficient (Wildman–Crippen LogP) is 2.20. The second-order valence-corrected chi connectivity index (χ2v) is 8.05. The molecule has 7 heteroatoms. The fourth-order valence-electron chi connectivity index (χ4n) is 1.47. The molecule has 0 aliphatic rings. The molecule has 4 nitrogen and oxygen atoms in total. The Labute approximate surface area is 120 Å². The van der Waals surface area contributed by atoms with Gasteiger partial charge in [-0.2, -0.15) is 0 Å². The Morgan fingerprint density at radius 2 is 2.00 bits per heavy atom. The van der Waals surface area contributed by atoms with E-state index in [0.29, 0.717) is 16.3 Å². The van der Waals surface area contributed by atoms with Crippen molar-refractivity contribution in [2.75, 3.05) is 11.5 Å². The van der Waals surface area contributed by atoms with Crippen LogP contribution in [0.4, 0.5) is 0 Å². The molecule has 0 spiro atoms. The average molecular weight is 315 g/mol. The molecule has 0 bridgehead atoms. The topological polar surface area (TPSA) is 67.3 Å². The van der Waals surface area contributed by atoms with Crippen LogP contribution in [0.25, 0.3) is 0 Å². The fraction of sp³-hybridized carbons (Fsp3) is 0.250. The van der Waals surface area contributed by atoms with Crippen LogP contribution in [0.1, 0.15) is 5.69 Å². The monoisotopic (exact) mass is 315 g/mol. The van der Waals surface area contributed by atoms with E-state index in [9.17, 15) is 8.42 Å². The Morgan fingerprint density at radius 1 is 1.26 bits per heavy atom. The number of nitrogens with zero attached hydrogens (tertiary/aromatic N) is 1. The molecule has 1 aromatic heterocycles. The molecule has 2 aromatic rings. The van der Waals surface area contributed by atoms with Crippen LogP contribution in [0.2, 0.25) is 0 Å². The zero-order valence-electron chi connectivity index (χ0n) is 10.0. The van der Waals surface area contributed by atoms with Crippen LogP contribution < -0.4 is 0 Å². The first-order valence-electron chi connectivity index (χ1n) is 5.57. The quantitative estimate of drug-likeness (QED) is 0.828. The van der Waals surface area contributed by atoms with Gasteiger partial charge in [-0.05, 0) is 12.1 Å². The minimum atomic E-state index is -3.23. The fourth-order valence-corrected chi connectivity index (χ4v) is 5.14. The summed E-state index contributed by atoms with van der Waals surface area (Å²) in [6, 6.07) is 8.43. The molecule has 0 aliphatic carbocycles. The third-order valence-corrected chi connectivity index (χ3v) is 6.64. The predicted molar refractivity (Wildman–Crippen MR) is 77.3 cm³/mol. The van der Waals surface area contributed by atoms with Crippen molar-refractivity contribution >= 4 is 32.9 Å². The Hall–Kier alpha value is -0.890. The normalized spacial score (nSPS) is 11.6. The van der Waals surface area contributed by atoms with E-state index in [0.717, 1.165) is 4.21 Å². The third kappa shape index (κ3) is 3.79. The second kappa shape index (κ2) is 6.51. The molecular formula is C12H13NO3S3. The number of aromatic nitrogens is 1. The molecule has 2 rings (SSSR count). The van der Waals surface area contributed by atoms with Crippen molar-refractivity contribution in [2.24, 2.45) is 0 Å². The summed E-state index contributed by atoms with van der Waals surface area (Å²) in [5, 5.41) is 9.06. The summed E-state index contributed by atoms with van der Waals surface area (Å²) in [4.78, 5) is 4.36. The van der Waals surface area contributed by atoms with Gasteiger partial charge < -0.3 is 5.11 Å². The molecule has 0 amide bonds. The highest BCUT2D eigenvalue weighted by atomic mass is 32.2. The van der Waals surface area contributed by atoms with Gasteiger partial charge in [0.05, 0.1) is 32.7 Å². The van der Waals surface area contributed by atoms with Gasteiger partial charge in [-0.25, -0.2) is 13.4 Å². The Kier molecular flexibility index (Phi) is 4.98. The highest BCUT2D eigenvalue weighted by molar-refractivity contribution is 8.02. The zero-order chi connectivity index (χ0) is 13.7. The first-order valence-corrected chi connectivity index (χ1v) is 9.09. The van der Waals surface area contributed by atoms with Crippen molar-refractivity contribution in [3.8, 4) is 0 Å². The first kappa shape index (κ1) is 14.5. The number of hydrogen-bond donors (Lipinski definition) is 1. The molecule has 0 fully saturated rings. The summed E-state index contributed by atoms with van der Waals surface area (Å²) >= 11 is 2.83. The maximum Gasteiger partial charge on any atom is 0.179 e. The van der Waals surface area contributed by atoms with Crippen molar-refractivity contribution in [3.63, 3.8) is 0 Å². The Bertz CT molecular complexity index is 623. The molecule has 0 aliphatic heterocycles. The van der Waals surface area contributed by atoms with Gasteiger partial charge in [-0.3, -0.25) is 0 Å². The van der Waals surface area contributed by atoms with Gasteiger partial charge in [-0.1, -0.05) is 18.2 Å². The molecule has 1 N–H and O–H groups in total. The maximum atomic E-state index is 12.0. The SMILES string of the molecule is O=S(=O)(CCSc1scnc1CO)c1ccccc1. The molecule has 19 heavy (non-hydrogen) atoms. The molecule has 0 radical (unpaired) electrons. The number of aliphatic hydroxyl groups excluding tert-OH is 1. The van der Waals surface area contributed by atoms with Crippen LogP contribution in [-0.2, 0) is 16.4 Å². The summed E-state index contributed by atoms with van der Waals surface area (Å²) < 4.78 is 25.0. The lowest BCUT2D eigenvalue weighted by Gasteiger charge is -2.04. The van der Waals surface area contributed by atoms with E-state index < -0.39 is 9.84 Å². The van der Waals surface area contributed by atoms with Crippen LogP contribution in [-0.4, -0.2) is 30.0 Å². The molecular weight excluding hydrogens is 302 g/mol. The van der Waals surface area contributed by atoms with Crippen LogP contribution in [0, 0.1) is 0 Å². The Balaban J connectivity index is 1.96. The van der Waals surface area contributed by atoms with Crippen LogP contribution >= 0.6 is 23.1 Å². The van der Waals surface area contributed by atoms with Gasteiger partial charge in [0.25, 0.3) is 0 Å². The molecule has 1 aromatic carbocycles. The molecule has 0 unspecified atom stereocenters. The largest absolute Gasteiger partial charge is 0.390 e. The van der Waals surface area contributed by atoms with Gasteiger partial charge in [0, 0.05) is 5.75 Å². The minimum absolute atomic E-state index is 0.0739. The molecule has 0 saturated heterocycles. The van der Waals surface area contributed by atoms with Gasteiger partial charge in [0.2, 0.25) is 0 Å². The van der Waals surface area contributed by atoms with E-state index in [4.69, 9.17) is 5.11 Å². The molecule has 0 atom stereocenters. The van der Waals surface area contributed by atoms with Crippen molar-refractivity contribution < 1.29 is 13.5 Å². The summed E-state index contributed by atoms with van der Waals surface area (Å²) in [7, 11) is -3.23. The van der Waals surface area contributed by atoms with Crippen molar-refractivity contribution in [2.45, 2.75) is 15.7 Å². The van der Waals surface area contributed by atoms with Crippen LogP contribution in [0.5, 0.6) is 0 Å². The van der Waals surface area contributed by atoms with E-state index in [1.807, 2.05) is 0 Å². The van der Waals surface area contributed by atoms with Gasteiger partial charge >= 0.3 is 0 Å². The lowest BCUT2D eigenvalue weighted by molar-refractivity contribution is 0.275. The molecule has 0 saturated carbocycles. The maximum absolute atomic E-state index is 12.0.